The van der Waals surface area contributed by atoms with Gasteiger partial charge in [-0.25, -0.2) is 4.79 Å². The van der Waals surface area contributed by atoms with Crippen LogP contribution in [0, 0.1) is 12.8 Å². The van der Waals surface area contributed by atoms with Crippen molar-refractivity contribution in [1.82, 2.24) is 19.9 Å². The maximum atomic E-state index is 12.5. The fraction of sp³-hybridized carbons (Fsp3) is 0.524. The molecule has 30 heavy (non-hydrogen) atoms. The first-order valence-corrected chi connectivity index (χ1v) is 10.2. The Balaban J connectivity index is 1.59. The van der Waals surface area contributed by atoms with Gasteiger partial charge in [-0.15, -0.1) is 0 Å². The summed E-state index contributed by atoms with van der Waals surface area (Å²) < 4.78 is 5.59. The molecule has 160 valence electrons. The van der Waals surface area contributed by atoms with Crippen LogP contribution in [0.3, 0.4) is 0 Å². The predicted octanol–water partition coefficient (Wildman–Crippen LogP) is 1.06. The maximum Gasteiger partial charge on any atom is 0.335 e. The Morgan fingerprint density at radius 3 is 2.87 bits per heavy atom. The summed E-state index contributed by atoms with van der Waals surface area (Å²) in [7, 11) is 0. The Kier molecular flexibility index (Phi) is 5.57. The number of aromatic carboxylic acids is 1. The van der Waals surface area contributed by atoms with E-state index >= 15 is 0 Å². The first kappa shape index (κ1) is 20.5. The van der Waals surface area contributed by atoms with Crippen molar-refractivity contribution in [1.29, 1.82) is 0 Å². The first-order chi connectivity index (χ1) is 14.4. The quantitative estimate of drug-likeness (QED) is 0.720. The van der Waals surface area contributed by atoms with E-state index in [1.807, 2.05) is 6.07 Å². The zero-order valence-corrected chi connectivity index (χ0v) is 17.0. The largest absolute Gasteiger partial charge is 0.478 e. The van der Waals surface area contributed by atoms with Gasteiger partial charge in [-0.1, -0.05) is 17.3 Å². The average Bonchev–Trinajstić information content (AvgIpc) is 3.32. The molecular weight excluding hydrogens is 388 g/mol. The lowest BCUT2D eigenvalue weighted by Crippen LogP contribution is -2.51. The van der Waals surface area contributed by atoms with E-state index in [9.17, 15) is 14.7 Å². The van der Waals surface area contributed by atoms with Crippen molar-refractivity contribution in [3.63, 3.8) is 0 Å². The number of carbonyl (C=O) groups excluding carboxylic acids is 1. The molecule has 0 saturated carbocycles. The molecule has 0 aliphatic carbocycles. The van der Waals surface area contributed by atoms with Crippen LogP contribution in [0.1, 0.15) is 40.5 Å². The van der Waals surface area contributed by atoms with Gasteiger partial charge in [0, 0.05) is 32.6 Å². The third kappa shape index (κ3) is 3.82. The monoisotopic (exact) mass is 414 g/mol. The summed E-state index contributed by atoms with van der Waals surface area (Å²) >= 11 is 0. The van der Waals surface area contributed by atoms with E-state index in [0.29, 0.717) is 37.9 Å². The molecule has 4 rings (SSSR count). The smallest absolute Gasteiger partial charge is 0.335 e. The number of fused-ring (bicyclic) bond motifs is 1. The van der Waals surface area contributed by atoms with E-state index in [4.69, 9.17) is 9.63 Å². The molecule has 0 bridgehead atoms. The number of carboxylic acids is 1. The van der Waals surface area contributed by atoms with Gasteiger partial charge < -0.3 is 19.6 Å². The molecule has 2 atom stereocenters. The van der Waals surface area contributed by atoms with E-state index in [-0.39, 0.29) is 30.4 Å². The van der Waals surface area contributed by atoms with Crippen LogP contribution in [0.2, 0.25) is 0 Å². The van der Waals surface area contributed by atoms with E-state index in [1.54, 1.807) is 30.0 Å². The third-order valence-electron chi connectivity index (χ3n) is 6.21. The number of nitrogens with zero attached hydrogens (tertiary/aromatic N) is 4. The number of benzene rings is 1. The van der Waals surface area contributed by atoms with Crippen molar-refractivity contribution in [2.75, 3.05) is 32.8 Å². The molecule has 1 amide bonds. The van der Waals surface area contributed by atoms with Gasteiger partial charge in [-0.3, -0.25) is 9.69 Å². The summed E-state index contributed by atoms with van der Waals surface area (Å²) in [5.41, 5.74) is 0.734. The average molecular weight is 414 g/mol. The van der Waals surface area contributed by atoms with Gasteiger partial charge in [-0.2, -0.15) is 4.98 Å². The van der Waals surface area contributed by atoms with Crippen molar-refractivity contribution >= 4 is 11.9 Å². The Morgan fingerprint density at radius 2 is 2.17 bits per heavy atom. The van der Waals surface area contributed by atoms with Crippen LogP contribution >= 0.6 is 0 Å². The van der Waals surface area contributed by atoms with Crippen molar-refractivity contribution in [2.45, 2.75) is 31.7 Å². The molecule has 2 saturated heterocycles. The second kappa shape index (κ2) is 8.16. The summed E-state index contributed by atoms with van der Waals surface area (Å²) in [5, 5.41) is 22.4. The second-order valence-corrected chi connectivity index (χ2v) is 8.25. The number of rotatable bonds is 6. The minimum atomic E-state index is -0.942. The Labute approximate surface area is 174 Å². The summed E-state index contributed by atoms with van der Waals surface area (Å²) in [6, 6.07) is 6.97. The molecule has 2 N–H and O–H groups in total. The number of hydrogen-bond acceptors (Lipinski definition) is 7. The van der Waals surface area contributed by atoms with E-state index in [2.05, 4.69) is 15.0 Å². The standard InChI is InChI=1S/C21H26N4O5/c1-14-22-20(30-23-14)21-12-24(10-15-3-2-4-16(9-15)19(28)29)7-5-17(21)11-25(13-21)18(27)6-8-26/h2-4,9,17,26H,5-8,10-13H2,1H3,(H,28,29)/t17-,21-/m0/s1. The van der Waals surface area contributed by atoms with Crippen LogP contribution in [0.25, 0.3) is 0 Å². The lowest BCUT2D eigenvalue weighted by molar-refractivity contribution is -0.131. The fourth-order valence-electron chi connectivity index (χ4n) is 4.79. The molecule has 9 heteroatoms. The van der Waals surface area contributed by atoms with Gasteiger partial charge >= 0.3 is 5.97 Å². The van der Waals surface area contributed by atoms with Crippen LogP contribution < -0.4 is 0 Å². The van der Waals surface area contributed by atoms with Crippen LogP contribution in [0.5, 0.6) is 0 Å². The zero-order chi connectivity index (χ0) is 21.3. The number of aliphatic hydroxyl groups is 1. The van der Waals surface area contributed by atoms with Gasteiger partial charge in [-0.05, 0) is 43.5 Å². The van der Waals surface area contributed by atoms with Crippen molar-refractivity contribution in [2.24, 2.45) is 5.92 Å². The van der Waals surface area contributed by atoms with Crippen LogP contribution in [-0.2, 0) is 16.8 Å². The Hall–Kier alpha value is -2.78. The molecule has 1 aromatic heterocycles. The molecule has 0 radical (unpaired) electrons. The predicted molar refractivity (Wildman–Crippen MR) is 106 cm³/mol. The highest BCUT2D eigenvalue weighted by Crippen LogP contribution is 2.44. The summed E-state index contributed by atoms with van der Waals surface area (Å²) in [6.45, 7) is 4.77. The molecule has 0 spiro atoms. The molecule has 3 heterocycles. The minimum Gasteiger partial charge on any atom is -0.478 e. The van der Waals surface area contributed by atoms with E-state index in [1.165, 1.54) is 0 Å². The van der Waals surface area contributed by atoms with Crippen molar-refractivity contribution in [3.05, 3.63) is 47.1 Å². The zero-order valence-electron chi connectivity index (χ0n) is 17.0. The van der Waals surface area contributed by atoms with E-state index in [0.717, 1.165) is 18.5 Å². The summed E-state index contributed by atoms with van der Waals surface area (Å²) in [5.74, 6) is 0.296. The highest BCUT2D eigenvalue weighted by molar-refractivity contribution is 5.87. The first-order valence-electron chi connectivity index (χ1n) is 10.2. The molecule has 2 aliphatic rings. The van der Waals surface area contributed by atoms with Gasteiger partial charge in [0.2, 0.25) is 11.8 Å². The fourth-order valence-corrected chi connectivity index (χ4v) is 4.79. The highest BCUT2D eigenvalue weighted by atomic mass is 16.5. The molecule has 1 aromatic carbocycles. The van der Waals surface area contributed by atoms with Crippen LogP contribution in [0.4, 0.5) is 0 Å². The molecule has 2 aromatic rings. The lowest BCUT2D eigenvalue weighted by Gasteiger charge is -2.41. The van der Waals surface area contributed by atoms with Crippen LogP contribution in [0.15, 0.2) is 28.8 Å². The highest BCUT2D eigenvalue weighted by Gasteiger charge is 2.55. The van der Waals surface area contributed by atoms with Crippen molar-refractivity contribution in [3.8, 4) is 0 Å². The van der Waals surface area contributed by atoms with Gasteiger partial charge in [0.25, 0.3) is 0 Å². The number of piperidine rings is 1. The molecule has 9 nitrogen and oxygen atoms in total. The molecular formula is C21H26N4O5. The van der Waals surface area contributed by atoms with E-state index < -0.39 is 11.4 Å². The number of aromatic nitrogens is 2. The summed E-state index contributed by atoms with van der Waals surface area (Å²) in [4.78, 5) is 32.3. The number of carboxylic acid groups (broad SMARTS) is 1. The SMILES string of the molecule is Cc1noc([C@]23CN(Cc4cccc(C(=O)O)c4)CC[C@H]2CN(C(=O)CCO)C3)n1. The van der Waals surface area contributed by atoms with Crippen LogP contribution in [-0.4, -0.2) is 74.8 Å². The number of likely N-dealkylation sites (tertiary alicyclic amines) is 2. The number of hydrogen-bond donors (Lipinski definition) is 2. The molecule has 2 aliphatic heterocycles. The van der Waals surface area contributed by atoms with Gasteiger partial charge in [0.05, 0.1) is 17.6 Å². The van der Waals surface area contributed by atoms with Gasteiger partial charge in [0.15, 0.2) is 5.82 Å². The normalized spacial score (nSPS) is 24.1. The lowest BCUT2D eigenvalue weighted by atomic mass is 9.73. The van der Waals surface area contributed by atoms with Crippen molar-refractivity contribution < 1.29 is 24.3 Å². The number of aliphatic hydroxyl groups excluding tert-OH is 1. The third-order valence-corrected chi connectivity index (χ3v) is 6.21. The number of amides is 1. The number of aryl methyl sites for hydroxylation is 1. The summed E-state index contributed by atoms with van der Waals surface area (Å²) in [6.07, 6.45) is 0.973. The second-order valence-electron chi connectivity index (χ2n) is 8.25. The number of carbonyl (C=O) groups is 2. The Bertz CT molecular complexity index is 945. The Morgan fingerprint density at radius 1 is 1.33 bits per heavy atom. The van der Waals surface area contributed by atoms with Gasteiger partial charge in [0.1, 0.15) is 0 Å². The minimum absolute atomic E-state index is 0.0665. The topological polar surface area (TPSA) is 120 Å². The molecule has 2 fully saturated rings. The maximum absolute atomic E-state index is 12.5. The molecule has 0 unspecified atom stereocenters.